The number of carbonyl (C=O) groups is 1. The number of hydrogen-bond acceptors (Lipinski definition) is 4. The highest BCUT2D eigenvalue weighted by Gasteiger charge is 2.60. The summed E-state index contributed by atoms with van der Waals surface area (Å²) in [6.45, 7) is 0.178. The molecule has 0 radical (unpaired) electrons. The number of rotatable bonds is 5. The van der Waals surface area contributed by atoms with Crippen LogP contribution in [0.2, 0.25) is 0 Å². The minimum absolute atomic E-state index is 0.0351. The fourth-order valence-corrected chi connectivity index (χ4v) is 7.06. The molecule has 0 aromatic heterocycles. The van der Waals surface area contributed by atoms with Crippen molar-refractivity contribution in [2.45, 2.75) is 55.6 Å². The van der Waals surface area contributed by atoms with Gasteiger partial charge in [0, 0.05) is 20.6 Å². The lowest BCUT2D eigenvalue weighted by atomic mass is 9.47. The SMILES string of the molecule is CN(C)S(=O)(=O)c1ccccc1CNC(=O)C12CC3CC(CC(O)(C3)C1)C2. The first-order valence-corrected chi connectivity index (χ1v) is 11.1. The maximum atomic E-state index is 13.1. The maximum absolute atomic E-state index is 13.1. The Balaban J connectivity index is 1.53. The third kappa shape index (κ3) is 3.19. The molecule has 1 amide bonds. The molecule has 7 heteroatoms. The number of sulfonamides is 1. The quantitative estimate of drug-likeness (QED) is 0.801. The zero-order chi connectivity index (χ0) is 19.4. The van der Waals surface area contributed by atoms with E-state index in [9.17, 15) is 18.3 Å². The van der Waals surface area contributed by atoms with Gasteiger partial charge in [-0.05, 0) is 62.0 Å². The Morgan fingerprint density at radius 2 is 1.81 bits per heavy atom. The van der Waals surface area contributed by atoms with Gasteiger partial charge in [-0.2, -0.15) is 0 Å². The van der Waals surface area contributed by atoms with Crippen LogP contribution in [0.1, 0.15) is 44.1 Å². The number of aliphatic hydroxyl groups is 1. The molecule has 4 fully saturated rings. The van der Waals surface area contributed by atoms with Crippen LogP contribution < -0.4 is 5.32 Å². The normalized spacial score (nSPS) is 34.8. The van der Waals surface area contributed by atoms with Gasteiger partial charge in [0.05, 0.1) is 15.9 Å². The van der Waals surface area contributed by atoms with Crippen LogP contribution in [0.5, 0.6) is 0 Å². The first-order valence-electron chi connectivity index (χ1n) is 9.65. The van der Waals surface area contributed by atoms with Crippen molar-refractivity contribution in [3.63, 3.8) is 0 Å². The molecule has 4 saturated carbocycles. The lowest BCUT2D eigenvalue weighted by molar-refractivity contribution is -0.178. The van der Waals surface area contributed by atoms with E-state index in [4.69, 9.17) is 0 Å². The molecule has 0 spiro atoms. The number of nitrogens with zero attached hydrogens (tertiary/aromatic N) is 1. The van der Waals surface area contributed by atoms with Gasteiger partial charge in [-0.15, -0.1) is 0 Å². The second-order valence-corrected chi connectivity index (χ2v) is 11.2. The minimum Gasteiger partial charge on any atom is -0.390 e. The van der Waals surface area contributed by atoms with Crippen LogP contribution in [0.25, 0.3) is 0 Å². The lowest BCUT2D eigenvalue weighted by Crippen LogP contribution is -2.60. The summed E-state index contributed by atoms with van der Waals surface area (Å²) < 4.78 is 26.3. The summed E-state index contributed by atoms with van der Waals surface area (Å²) in [5.41, 5.74) is -0.593. The number of carbonyl (C=O) groups excluding carboxylic acids is 1. The van der Waals surface area contributed by atoms with Crippen LogP contribution in [-0.2, 0) is 21.4 Å². The smallest absolute Gasteiger partial charge is 0.242 e. The second kappa shape index (κ2) is 6.29. The van der Waals surface area contributed by atoms with Gasteiger partial charge in [0.2, 0.25) is 15.9 Å². The van der Waals surface area contributed by atoms with Gasteiger partial charge in [-0.25, -0.2) is 12.7 Å². The van der Waals surface area contributed by atoms with Crippen molar-refractivity contribution in [3.8, 4) is 0 Å². The summed E-state index contributed by atoms with van der Waals surface area (Å²) in [6.07, 6.45) is 4.99. The molecule has 1 aromatic carbocycles. The van der Waals surface area contributed by atoms with E-state index in [1.807, 2.05) is 0 Å². The van der Waals surface area contributed by atoms with E-state index in [-0.39, 0.29) is 17.3 Å². The van der Waals surface area contributed by atoms with Crippen LogP contribution in [-0.4, -0.2) is 43.4 Å². The molecule has 4 aliphatic carbocycles. The van der Waals surface area contributed by atoms with Crippen LogP contribution in [0, 0.1) is 17.3 Å². The molecular formula is C20H28N2O4S. The van der Waals surface area contributed by atoms with E-state index >= 15 is 0 Å². The molecule has 0 heterocycles. The molecule has 0 aliphatic heterocycles. The van der Waals surface area contributed by atoms with Crippen LogP contribution in [0.4, 0.5) is 0 Å². The third-order valence-electron chi connectivity index (χ3n) is 6.68. The first kappa shape index (κ1) is 18.9. The van der Waals surface area contributed by atoms with Crippen molar-refractivity contribution in [1.29, 1.82) is 0 Å². The molecule has 2 N–H and O–H groups in total. The van der Waals surface area contributed by atoms with Gasteiger partial charge < -0.3 is 10.4 Å². The lowest BCUT2D eigenvalue weighted by Gasteiger charge is -2.59. The Morgan fingerprint density at radius 3 is 2.41 bits per heavy atom. The van der Waals surface area contributed by atoms with Gasteiger partial charge in [-0.3, -0.25) is 4.79 Å². The van der Waals surface area contributed by atoms with Gasteiger partial charge in [0.15, 0.2) is 0 Å². The van der Waals surface area contributed by atoms with Crippen LogP contribution >= 0.6 is 0 Å². The zero-order valence-electron chi connectivity index (χ0n) is 15.9. The van der Waals surface area contributed by atoms with E-state index in [2.05, 4.69) is 5.32 Å². The molecule has 4 bridgehead atoms. The molecule has 2 unspecified atom stereocenters. The molecule has 27 heavy (non-hydrogen) atoms. The zero-order valence-corrected chi connectivity index (χ0v) is 16.8. The predicted molar refractivity (Wildman–Crippen MR) is 101 cm³/mol. The van der Waals surface area contributed by atoms with E-state index in [1.165, 1.54) is 18.4 Å². The second-order valence-electron chi connectivity index (χ2n) is 9.04. The van der Waals surface area contributed by atoms with E-state index in [0.29, 0.717) is 23.8 Å². The monoisotopic (exact) mass is 392 g/mol. The average molecular weight is 393 g/mol. The first-order chi connectivity index (χ1) is 12.6. The van der Waals surface area contributed by atoms with Crippen molar-refractivity contribution in [3.05, 3.63) is 29.8 Å². The highest BCUT2D eigenvalue weighted by molar-refractivity contribution is 7.89. The Kier molecular flexibility index (Phi) is 4.40. The molecule has 5 rings (SSSR count). The largest absolute Gasteiger partial charge is 0.390 e. The van der Waals surface area contributed by atoms with Crippen molar-refractivity contribution in [2.24, 2.45) is 17.3 Å². The van der Waals surface area contributed by atoms with Gasteiger partial charge in [0.25, 0.3) is 0 Å². The number of nitrogens with one attached hydrogen (secondary N) is 1. The summed E-state index contributed by atoms with van der Waals surface area (Å²) in [6, 6.07) is 6.79. The van der Waals surface area contributed by atoms with Crippen LogP contribution in [0.15, 0.2) is 29.2 Å². The Bertz CT molecular complexity index is 850. The summed E-state index contributed by atoms with van der Waals surface area (Å²) in [5.74, 6) is 0.832. The highest BCUT2D eigenvalue weighted by Crippen LogP contribution is 2.61. The van der Waals surface area contributed by atoms with Crippen LogP contribution in [0.3, 0.4) is 0 Å². The molecule has 2 atom stereocenters. The number of benzene rings is 1. The third-order valence-corrected chi connectivity index (χ3v) is 8.60. The number of amides is 1. The summed E-state index contributed by atoms with van der Waals surface area (Å²) in [7, 11) is -0.567. The Hall–Kier alpha value is -1.44. The van der Waals surface area contributed by atoms with Crippen molar-refractivity contribution in [2.75, 3.05) is 14.1 Å². The Labute approximate surface area is 161 Å². The molecule has 6 nitrogen and oxygen atoms in total. The summed E-state index contributed by atoms with van der Waals surface area (Å²) in [4.78, 5) is 13.3. The van der Waals surface area contributed by atoms with Gasteiger partial charge in [-0.1, -0.05) is 18.2 Å². The molecule has 1 aromatic rings. The highest BCUT2D eigenvalue weighted by atomic mass is 32.2. The van der Waals surface area contributed by atoms with Crippen molar-refractivity contribution >= 4 is 15.9 Å². The van der Waals surface area contributed by atoms with E-state index in [1.54, 1.807) is 24.3 Å². The van der Waals surface area contributed by atoms with E-state index < -0.39 is 21.0 Å². The van der Waals surface area contributed by atoms with E-state index in [0.717, 1.165) is 32.1 Å². The fourth-order valence-electron chi connectivity index (χ4n) is 5.94. The minimum atomic E-state index is -3.57. The molecule has 4 aliphatic rings. The standard InChI is InChI=1S/C20H28N2O4S/c1-22(2)27(25,26)17-6-4-3-5-16(17)12-21-18(23)19-8-14-7-15(9-19)11-20(24,10-14)13-19/h3-6,14-15,24H,7-13H2,1-2H3,(H,21,23). The molecular weight excluding hydrogens is 364 g/mol. The topological polar surface area (TPSA) is 86.7 Å². The van der Waals surface area contributed by atoms with Gasteiger partial charge >= 0.3 is 0 Å². The summed E-state index contributed by atoms with van der Waals surface area (Å²) in [5, 5.41) is 13.8. The number of hydrogen-bond donors (Lipinski definition) is 2. The maximum Gasteiger partial charge on any atom is 0.242 e. The van der Waals surface area contributed by atoms with Crippen molar-refractivity contribution < 1.29 is 18.3 Å². The molecule has 0 saturated heterocycles. The molecule has 148 valence electrons. The average Bonchev–Trinajstić information content (AvgIpc) is 2.57. The predicted octanol–water partition coefficient (Wildman–Crippen LogP) is 1.88. The van der Waals surface area contributed by atoms with Crippen molar-refractivity contribution in [1.82, 2.24) is 9.62 Å². The Morgan fingerprint density at radius 1 is 1.19 bits per heavy atom. The van der Waals surface area contributed by atoms with Gasteiger partial charge in [0.1, 0.15) is 0 Å². The fraction of sp³-hybridized carbons (Fsp3) is 0.650. The summed E-state index contributed by atoms with van der Waals surface area (Å²) >= 11 is 0.